The third-order valence-corrected chi connectivity index (χ3v) is 3.60. The van der Waals surface area contributed by atoms with Crippen molar-refractivity contribution in [2.24, 2.45) is 5.73 Å². The molecule has 0 aliphatic heterocycles. The summed E-state index contributed by atoms with van der Waals surface area (Å²) >= 11 is 0. The average molecular weight is 296 g/mol. The van der Waals surface area contributed by atoms with Gasteiger partial charge in [0, 0.05) is 5.56 Å². The van der Waals surface area contributed by atoms with E-state index in [1.165, 1.54) is 0 Å². The summed E-state index contributed by atoms with van der Waals surface area (Å²) in [4.78, 5) is 15.4. The molecular formula is C16H16N4O2. The summed E-state index contributed by atoms with van der Waals surface area (Å²) < 4.78 is 1.72. The zero-order valence-corrected chi connectivity index (χ0v) is 11.8. The van der Waals surface area contributed by atoms with Gasteiger partial charge in [-0.05, 0) is 23.8 Å². The smallest absolute Gasteiger partial charge is 0.248 e. The third-order valence-electron chi connectivity index (χ3n) is 3.60. The van der Waals surface area contributed by atoms with Crippen LogP contribution in [0.4, 0.5) is 5.95 Å². The molecule has 0 saturated heterocycles. The Morgan fingerprint density at radius 3 is 2.64 bits per heavy atom. The molecular weight excluding hydrogens is 280 g/mol. The molecule has 0 bridgehead atoms. The number of fused-ring (bicyclic) bond motifs is 1. The fraction of sp³-hybridized carbons (Fsp3) is 0.125. The molecule has 1 heterocycles. The van der Waals surface area contributed by atoms with Crippen molar-refractivity contribution in [1.29, 1.82) is 0 Å². The van der Waals surface area contributed by atoms with Crippen molar-refractivity contribution in [2.45, 2.75) is 12.6 Å². The summed E-state index contributed by atoms with van der Waals surface area (Å²) in [6, 6.07) is 14.3. The molecule has 0 radical (unpaired) electrons. The summed E-state index contributed by atoms with van der Waals surface area (Å²) in [7, 11) is 0. The highest BCUT2D eigenvalue weighted by Gasteiger charge is 2.14. The van der Waals surface area contributed by atoms with Crippen molar-refractivity contribution in [3.8, 4) is 0 Å². The van der Waals surface area contributed by atoms with Crippen molar-refractivity contribution in [2.75, 3.05) is 5.73 Å². The van der Waals surface area contributed by atoms with E-state index in [1.54, 1.807) is 22.8 Å². The van der Waals surface area contributed by atoms with E-state index in [1.807, 2.05) is 30.3 Å². The lowest BCUT2D eigenvalue weighted by Crippen LogP contribution is -2.12. The van der Waals surface area contributed by atoms with Gasteiger partial charge in [-0.3, -0.25) is 4.79 Å². The zero-order valence-electron chi connectivity index (χ0n) is 11.8. The molecule has 0 saturated carbocycles. The van der Waals surface area contributed by atoms with Crippen LogP contribution in [0.25, 0.3) is 11.0 Å². The molecule has 0 aliphatic carbocycles. The lowest BCUT2D eigenvalue weighted by atomic mass is 10.1. The van der Waals surface area contributed by atoms with Crippen LogP contribution >= 0.6 is 0 Å². The van der Waals surface area contributed by atoms with E-state index in [0.717, 1.165) is 11.1 Å². The zero-order chi connectivity index (χ0) is 15.7. The second kappa shape index (κ2) is 5.50. The Bertz CT molecular complexity index is 827. The highest BCUT2D eigenvalue weighted by Crippen LogP contribution is 2.23. The number of nitrogens with two attached hydrogens (primary N) is 2. The lowest BCUT2D eigenvalue weighted by Gasteiger charge is -2.13. The molecule has 3 aromatic rings. The van der Waals surface area contributed by atoms with Crippen molar-refractivity contribution in [3.05, 3.63) is 59.7 Å². The summed E-state index contributed by atoms with van der Waals surface area (Å²) in [5, 5.41) is 10.3. The number of amides is 1. The van der Waals surface area contributed by atoms with Crippen LogP contribution in [0.5, 0.6) is 0 Å². The standard InChI is InChI=1S/C16H16N4O2/c17-15(22)11-6-7-13-12(8-11)19-16(18)20(13)9-14(21)10-4-2-1-3-5-10/h1-8,14,21H,9H2,(H2,17,22)(H2,18,19). The molecule has 22 heavy (non-hydrogen) atoms. The number of anilines is 1. The van der Waals surface area contributed by atoms with E-state index in [-0.39, 0.29) is 12.5 Å². The topological polar surface area (TPSA) is 107 Å². The molecule has 5 N–H and O–H groups in total. The number of imidazole rings is 1. The molecule has 112 valence electrons. The normalized spacial score (nSPS) is 12.4. The number of primary amides is 1. The second-order valence-corrected chi connectivity index (χ2v) is 5.07. The van der Waals surface area contributed by atoms with Gasteiger partial charge >= 0.3 is 0 Å². The minimum atomic E-state index is -0.697. The average Bonchev–Trinajstić information content (AvgIpc) is 2.83. The first-order valence-corrected chi connectivity index (χ1v) is 6.85. The van der Waals surface area contributed by atoms with Crippen molar-refractivity contribution in [1.82, 2.24) is 9.55 Å². The number of hydrogen-bond acceptors (Lipinski definition) is 4. The molecule has 0 aliphatic rings. The van der Waals surface area contributed by atoms with E-state index in [2.05, 4.69) is 4.98 Å². The van der Waals surface area contributed by atoms with Crippen molar-refractivity contribution < 1.29 is 9.90 Å². The van der Waals surface area contributed by atoms with Gasteiger partial charge < -0.3 is 21.1 Å². The first-order chi connectivity index (χ1) is 10.6. The molecule has 1 aromatic heterocycles. The Hall–Kier alpha value is -2.86. The fourth-order valence-electron chi connectivity index (χ4n) is 2.45. The maximum atomic E-state index is 11.2. The number of nitrogen functional groups attached to an aromatic ring is 1. The molecule has 6 nitrogen and oxygen atoms in total. The van der Waals surface area contributed by atoms with Crippen LogP contribution in [0.1, 0.15) is 22.0 Å². The van der Waals surface area contributed by atoms with Crippen molar-refractivity contribution >= 4 is 22.9 Å². The van der Waals surface area contributed by atoms with Crippen LogP contribution in [0.3, 0.4) is 0 Å². The summed E-state index contributed by atoms with van der Waals surface area (Å²) in [5.41, 5.74) is 13.7. The van der Waals surface area contributed by atoms with Gasteiger partial charge in [0.05, 0.1) is 23.7 Å². The quantitative estimate of drug-likeness (QED) is 0.677. The van der Waals surface area contributed by atoms with E-state index in [0.29, 0.717) is 11.1 Å². The largest absolute Gasteiger partial charge is 0.387 e. The molecule has 1 amide bonds. The van der Waals surface area contributed by atoms with Gasteiger partial charge in [0.2, 0.25) is 11.9 Å². The Morgan fingerprint density at radius 1 is 1.23 bits per heavy atom. The minimum Gasteiger partial charge on any atom is -0.387 e. The number of carbonyl (C=O) groups is 1. The Kier molecular flexibility index (Phi) is 3.52. The predicted octanol–water partition coefficient (Wildman–Crippen LogP) is 1.45. The Balaban J connectivity index is 1.97. The van der Waals surface area contributed by atoms with E-state index >= 15 is 0 Å². The lowest BCUT2D eigenvalue weighted by molar-refractivity contribution is 0.100. The molecule has 1 unspecified atom stereocenters. The number of benzene rings is 2. The first-order valence-electron chi connectivity index (χ1n) is 6.85. The van der Waals surface area contributed by atoms with Gasteiger partial charge in [0.1, 0.15) is 0 Å². The summed E-state index contributed by atoms with van der Waals surface area (Å²) in [6.45, 7) is 0.280. The fourth-order valence-corrected chi connectivity index (χ4v) is 2.45. The maximum Gasteiger partial charge on any atom is 0.248 e. The van der Waals surface area contributed by atoms with Gasteiger partial charge in [-0.2, -0.15) is 0 Å². The van der Waals surface area contributed by atoms with Crippen LogP contribution in [0, 0.1) is 0 Å². The van der Waals surface area contributed by atoms with Crippen LogP contribution in [-0.2, 0) is 6.54 Å². The molecule has 3 rings (SSSR count). The monoisotopic (exact) mass is 296 g/mol. The van der Waals surface area contributed by atoms with Crippen molar-refractivity contribution in [3.63, 3.8) is 0 Å². The third kappa shape index (κ3) is 2.51. The van der Waals surface area contributed by atoms with Gasteiger partial charge in [-0.1, -0.05) is 30.3 Å². The molecule has 2 aromatic carbocycles. The SMILES string of the molecule is NC(=O)c1ccc2c(c1)nc(N)n2CC(O)c1ccccc1. The number of rotatable bonds is 4. The van der Waals surface area contributed by atoms with Gasteiger partial charge in [0.25, 0.3) is 0 Å². The first kappa shape index (κ1) is 14.1. The van der Waals surface area contributed by atoms with E-state index in [4.69, 9.17) is 11.5 Å². The number of aliphatic hydroxyl groups excluding tert-OH is 1. The summed E-state index contributed by atoms with van der Waals surface area (Å²) in [6.07, 6.45) is -0.697. The molecule has 0 spiro atoms. The number of hydrogen-bond donors (Lipinski definition) is 3. The maximum absolute atomic E-state index is 11.2. The molecule has 0 fully saturated rings. The highest BCUT2D eigenvalue weighted by atomic mass is 16.3. The predicted molar refractivity (Wildman–Crippen MR) is 84.1 cm³/mol. The van der Waals surface area contributed by atoms with E-state index < -0.39 is 12.0 Å². The Labute approximate surface area is 127 Å². The van der Waals surface area contributed by atoms with Gasteiger partial charge in [-0.25, -0.2) is 4.98 Å². The number of nitrogens with zero attached hydrogens (tertiary/aromatic N) is 2. The van der Waals surface area contributed by atoms with Crippen LogP contribution in [0.15, 0.2) is 48.5 Å². The van der Waals surface area contributed by atoms with Crippen LogP contribution in [0.2, 0.25) is 0 Å². The summed E-state index contributed by atoms with van der Waals surface area (Å²) in [5.74, 6) is -0.231. The highest BCUT2D eigenvalue weighted by molar-refractivity contribution is 5.96. The van der Waals surface area contributed by atoms with Crippen LogP contribution < -0.4 is 11.5 Å². The number of aliphatic hydroxyl groups is 1. The minimum absolute atomic E-state index is 0.280. The second-order valence-electron chi connectivity index (χ2n) is 5.07. The molecule has 6 heteroatoms. The number of carbonyl (C=O) groups excluding carboxylic acids is 1. The van der Waals surface area contributed by atoms with Crippen LogP contribution in [-0.4, -0.2) is 20.6 Å². The van der Waals surface area contributed by atoms with Gasteiger partial charge in [0.15, 0.2) is 0 Å². The molecule has 1 atom stereocenters. The van der Waals surface area contributed by atoms with E-state index in [9.17, 15) is 9.90 Å². The number of aromatic nitrogens is 2. The van der Waals surface area contributed by atoms with Gasteiger partial charge in [-0.15, -0.1) is 0 Å². The Morgan fingerprint density at radius 2 is 1.95 bits per heavy atom.